The molecule has 0 unspecified atom stereocenters. The fraction of sp³-hybridized carbons (Fsp3) is 0.523. The predicted octanol–water partition coefficient (Wildman–Crippen LogP) is -7.85. The van der Waals surface area contributed by atoms with E-state index < -0.39 is 158 Å². The number of carboxylic acid groups (broad SMARTS) is 3. The van der Waals surface area contributed by atoms with Crippen LogP contribution in [0.25, 0.3) is 10.9 Å². The molecule has 0 saturated carbocycles. The van der Waals surface area contributed by atoms with E-state index in [0.717, 1.165) is 21.6 Å². The van der Waals surface area contributed by atoms with Crippen LogP contribution in [-0.4, -0.2) is 294 Å². The standard InChI is InChI=1S/C65H92N14O18S2.Ga/c1-39(81)51(36-80)72-64(96)53-38-99-98-37-52(73-60(92)48(28-41-10-4-3-5-11-41)68-54(84)32-76-20-22-77(33-55(85)86)24-26-79(35-57(89)90)27-25-78(23-21-76)34-56(87)88)63(95)70-49(29-42-15-17-44(83)18-16-42)61(93)71-50(30-43-31-67-46-13-7-6-12-45(43)46)62(94)69-47(14-8-9-19-66)59(91)75-58(40(2)82)65(97)74-53;/h3-7,10-13,15-18,31,39-40,47-53,58,67,80-83H,8-9,14,19-30,32-38,66H2,1-2H3,(H,68,84)(H,69,94)(H,70,95)(H,71,93)(H,72,96)(H,73,92)(H,74,97)(H,75,91)(H,85,86)(H,87,88)(H,89,90);/q;+3/p-3/t39-,40-,47+,48-,49+,50-,51-,52+,53+,58+;/m1./s1. The van der Waals surface area contributed by atoms with Crippen molar-refractivity contribution >= 4 is 117 Å². The predicted molar refractivity (Wildman–Crippen MR) is 364 cm³/mol. The monoisotopic (exact) mass is 1490 g/mol. The summed E-state index contributed by atoms with van der Waals surface area (Å²) in [5.74, 6) is -12.6. The summed E-state index contributed by atoms with van der Waals surface area (Å²) in [6.07, 6.45) is -1.38. The quantitative estimate of drug-likeness (QED) is 0.0158. The Bertz CT molecular complexity index is 3330. The Labute approximate surface area is 599 Å². The minimum absolute atomic E-state index is 0. The second-order valence-electron chi connectivity index (χ2n) is 24.4. The molecule has 542 valence electrons. The van der Waals surface area contributed by atoms with Crippen LogP contribution in [0.15, 0.2) is 85.1 Å². The molecule has 2 fully saturated rings. The molecule has 3 heterocycles. The van der Waals surface area contributed by atoms with Gasteiger partial charge < -0.3 is 103 Å². The third kappa shape index (κ3) is 28.0. The number of aliphatic carboxylic acids is 3. The Morgan fingerprint density at radius 2 is 1.13 bits per heavy atom. The van der Waals surface area contributed by atoms with Gasteiger partial charge in [-0.25, -0.2) is 0 Å². The summed E-state index contributed by atoms with van der Waals surface area (Å²) in [4.78, 5) is 163. The average molecular weight is 1490 g/mol. The third-order valence-electron chi connectivity index (χ3n) is 16.6. The molecule has 100 heavy (non-hydrogen) atoms. The zero-order valence-corrected chi connectivity index (χ0v) is 59.7. The molecule has 10 atom stereocenters. The first-order valence-electron chi connectivity index (χ1n) is 32.5. The maximum absolute atomic E-state index is 15.3. The van der Waals surface area contributed by atoms with Crippen molar-refractivity contribution in [1.82, 2.24) is 67.1 Å². The summed E-state index contributed by atoms with van der Waals surface area (Å²) in [5.41, 5.74) is 8.01. The number of aliphatic hydroxyl groups is 3. The van der Waals surface area contributed by atoms with Gasteiger partial charge >= 0.3 is 19.8 Å². The van der Waals surface area contributed by atoms with Crippen LogP contribution >= 0.6 is 21.6 Å². The van der Waals surface area contributed by atoms with Gasteiger partial charge in [-0.15, -0.1) is 0 Å². The van der Waals surface area contributed by atoms with Gasteiger partial charge in [-0.1, -0.05) is 82.3 Å². The van der Waals surface area contributed by atoms with Crippen molar-refractivity contribution in [2.24, 2.45) is 5.73 Å². The number of nitrogens with zero attached hydrogens (tertiary/aromatic N) is 4. The average Bonchev–Trinajstić information content (AvgIpc) is 1.62. The Morgan fingerprint density at radius 1 is 0.610 bits per heavy atom. The number of aromatic hydroxyl groups is 1. The van der Waals surface area contributed by atoms with E-state index in [1.165, 1.54) is 52.8 Å². The van der Waals surface area contributed by atoms with E-state index in [0.29, 0.717) is 34.0 Å². The van der Waals surface area contributed by atoms with Gasteiger partial charge in [0.25, 0.3) is 0 Å². The number of H-pyrrole nitrogens is 1. The first-order valence-corrected chi connectivity index (χ1v) is 35.0. The third-order valence-corrected chi connectivity index (χ3v) is 19.0. The SMILES string of the molecule is C[C@@H](O)[C@@H]1NC(=O)[C@H](CCCCN)NC(=O)[C@@H](Cc2c[nH]c3ccccc23)NC(=O)[C@H](Cc2ccc(O)cc2)NC(=O)[C@@H](NC(=O)[C@@H](Cc2ccccc2)NC(=O)CN2CCN(CC(=O)[O-])CCN(CC(=O)[O-])CCN(CC(=O)[O-])CC2)CSSC[C@@H](C(=O)N[C@H](CO)[C@@H](C)O)NC1=O.[Ga+3]. The van der Waals surface area contributed by atoms with E-state index in [-0.39, 0.29) is 128 Å². The van der Waals surface area contributed by atoms with Crippen molar-refractivity contribution in [3.05, 3.63) is 102 Å². The summed E-state index contributed by atoms with van der Waals surface area (Å²) in [6.45, 7) is 0.0360. The molecule has 2 aliphatic rings. The van der Waals surface area contributed by atoms with Crippen LogP contribution in [0.1, 0.15) is 49.8 Å². The Morgan fingerprint density at radius 3 is 1.68 bits per heavy atom. The molecular formula is C65H89GaN14O18S2. The smallest absolute Gasteiger partial charge is 0.549 e. The maximum Gasteiger partial charge on any atom is 3.00 e. The first-order chi connectivity index (χ1) is 47.3. The van der Waals surface area contributed by atoms with Crippen molar-refractivity contribution < 1.29 is 88.5 Å². The van der Waals surface area contributed by atoms with E-state index in [4.69, 9.17) is 5.73 Å². The van der Waals surface area contributed by atoms with Crippen molar-refractivity contribution in [2.75, 3.05) is 103 Å². The molecule has 4 aromatic rings. The molecule has 0 spiro atoms. The fourth-order valence-electron chi connectivity index (χ4n) is 11.0. The number of carbonyl (C=O) groups is 11. The summed E-state index contributed by atoms with van der Waals surface area (Å²) >= 11 is 0. The zero-order valence-electron chi connectivity index (χ0n) is 55.7. The number of aromatic nitrogens is 1. The van der Waals surface area contributed by atoms with E-state index in [1.54, 1.807) is 65.7 Å². The normalized spacial score (nSPS) is 21.8. The number of carbonyl (C=O) groups excluding carboxylic acids is 11. The number of aliphatic hydroxyl groups excluding tert-OH is 3. The number of unbranched alkanes of at least 4 members (excludes halogenated alkanes) is 1. The van der Waals surface area contributed by atoms with Crippen LogP contribution in [-0.2, 0) is 72.0 Å². The number of benzene rings is 3. The van der Waals surface area contributed by atoms with Crippen molar-refractivity contribution in [1.29, 1.82) is 0 Å². The largest absolute Gasteiger partial charge is 3.00 e. The van der Waals surface area contributed by atoms with E-state index in [9.17, 15) is 74.1 Å². The number of hydrogen-bond donors (Lipinski definition) is 14. The molecule has 0 radical (unpaired) electrons. The van der Waals surface area contributed by atoms with Crippen molar-refractivity contribution in [3.8, 4) is 5.75 Å². The topological polar surface area (TPSA) is 489 Å². The molecule has 32 nitrogen and oxygen atoms in total. The molecule has 3 aromatic carbocycles. The minimum Gasteiger partial charge on any atom is -0.549 e. The summed E-state index contributed by atoms with van der Waals surface area (Å²) in [7, 11) is 1.79. The van der Waals surface area contributed by atoms with E-state index >= 15 is 14.4 Å². The number of aromatic amines is 1. The molecule has 2 aliphatic heterocycles. The molecule has 0 aliphatic carbocycles. The van der Waals surface area contributed by atoms with Crippen LogP contribution in [0, 0.1) is 0 Å². The summed E-state index contributed by atoms with van der Waals surface area (Å²) in [5, 5.41) is 99.3. The van der Waals surface area contributed by atoms with Gasteiger partial charge in [-0.2, -0.15) is 0 Å². The van der Waals surface area contributed by atoms with Crippen LogP contribution in [0.4, 0.5) is 0 Å². The van der Waals surface area contributed by atoms with Gasteiger partial charge in [-0.3, -0.25) is 58.0 Å². The number of phenols is 1. The molecule has 0 bridgehead atoms. The van der Waals surface area contributed by atoms with Crippen molar-refractivity contribution in [3.63, 3.8) is 0 Å². The first kappa shape index (κ1) is 82.9. The zero-order chi connectivity index (χ0) is 72.1. The Balaban J connectivity index is 0.0000180. The molecular weight excluding hydrogens is 1400 g/mol. The van der Waals surface area contributed by atoms with Gasteiger partial charge in [0.1, 0.15) is 48.0 Å². The number of nitrogens with one attached hydrogen (secondary N) is 9. The molecule has 15 N–H and O–H groups in total. The number of para-hydroxylation sites is 1. The van der Waals surface area contributed by atoms with Gasteiger partial charge in [0.05, 0.1) is 49.3 Å². The number of nitrogens with two attached hydrogens (primary N) is 1. The summed E-state index contributed by atoms with van der Waals surface area (Å²) < 4.78 is 0. The second kappa shape index (κ2) is 42.4. The molecule has 6 rings (SSSR count). The molecule has 2 saturated heterocycles. The molecule has 8 amide bonds. The van der Waals surface area contributed by atoms with Crippen LogP contribution in [0.3, 0.4) is 0 Å². The molecule has 35 heteroatoms. The maximum atomic E-state index is 15.3. The summed E-state index contributed by atoms with van der Waals surface area (Å²) in [6, 6.07) is 9.03. The fourth-order valence-corrected chi connectivity index (χ4v) is 13.4. The van der Waals surface area contributed by atoms with E-state index in [1.807, 2.05) is 0 Å². The van der Waals surface area contributed by atoms with Gasteiger partial charge in [-0.05, 0) is 74.5 Å². The van der Waals surface area contributed by atoms with Gasteiger partial charge in [0.2, 0.25) is 47.3 Å². The number of amides is 8. The number of rotatable bonds is 26. The number of hydrogen-bond acceptors (Lipinski definition) is 25. The van der Waals surface area contributed by atoms with Gasteiger partial charge in [0, 0.05) is 120 Å². The Hall–Kier alpha value is -7.81. The van der Waals surface area contributed by atoms with Crippen LogP contribution in [0.2, 0.25) is 0 Å². The van der Waals surface area contributed by atoms with Crippen molar-refractivity contribution in [2.45, 2.75) is 113 Å². The number of carboxylic acids is 3. The van der Waals surface area contributed by atoms with Crippen LogP contribution < -0.4 is 63.6 Å². The number of fused-ring (bicyclic) bond motifs is 1. The van der Waals surface area contributed by atoms with Gasteiger partial charge in [0.15, 0.2) is 0 Å². The van der Waals surface area contributed by atoms with Crippen LogP contribution in [0.5, 0.6) is 5.75 Å². The Kier molecular flexibility index (Phi) is 35.2. The number of phenolic OH excluding ortho intramolecular Hbond substituents is 1. The van der Waals surface area contributed by atoms with E-state index in [2.05, 4.69) is 47.5 Å². The second-order valence-corrected chi connectivity index (χ2v) is 26.9. The minimum atomic E-state index is -1.78. The molecule has 1 aromatic heterocycles.